The molecule has 0 saturated carbocycles. The molecule has 1 aliphatic rings. The fourth-order valence-corrected chi connectivity index (χ4v) is 3.91. The maximum atomic E-state index is 10.4. The Balaban J connectivity index is 1.76. The highest BCUT2D eigenvalue weighted by Gasteiger charge is 2.27. The zero-order valence-corrected chi connectivity index (χ0v) is 17.8. The van der Waals surface area contributed by atoms with E-state index in [1.165, 1.54) is 0 Å². The van der Waals surface area contributed by atoms with Crippen molar-refractivity contribution in [2.75, 3.05) is 0 Å². The Hall–Kier alpha value is -1.85. The van der Waals surface area contributed by atoms with Crippen LogP contribution in [0.5, 0.6) is 5.75 Å². The third-order valence-electron chi connectivity index (χ3n) is 4.77. The smallest absolute Gasteiger partial charge is 0.126 e. The molecule has 0 unspecified atom stereocenters. The van der Waals surface area contributed by atoms with Crippen LogP contribution in [-0.4, -0.2) is 10.8 Å². The number of benzene rings is 3. The average Bonchev–Trinajstić information content (AvgIpc) is 2.70. The summed E-state index contributed by atoms with van der Waals surface area (Å²) in [7, 11) is 0. The molecule has 0 radical (unpaired) electrons. The second kappa shape index (κ2) is 8.26. The summed E-state index contributed by atoms with van der Waals surface area (Å²) in [5.41, 5.74) is 3.77. The first-order chi connectivity index (χ1) is 13.5. The predicted molar refractivity (Wildman–Crippen MR) is 118 cm³/mol. The highest BCUT2D eigenvalue weighted by molar-refractivity contribution is 9.10. The molecule has 28 heavy (non-hydrogen) atoms. The molecule has 0 aliphatic carbocycles. The Labute approximate surface area is 182 Å². The minimum Gasteiger partial charge on any atom is -0.508 e. The highest BCUT2D eigenvalue weighted by Crippen LogP contribution is 2.36. The molecule has 2 N–H and O–H groups in total. The maximum Gasteiger partial charge on any atom is 0.126 e. The lowest BCUT2D eigenvalue weighted by molar-refractivity contribution is 0.412. The monoisotopic (exact) mass is 474 g/mol. The number of hydrogen-bond acceptors (Lipinski definition) is 3. The first kappa shape index (κ1) is 19.5. The summed E-state index contributed by atoms with van der Waals surface area (Å²) < 4.78 is 1.01. The Morgan fingerprint density at radius 2 is 1.61 bits per heavy atom. The quantitative estimate of drug-likeness (QED) is 0.443. The molecule has 0 aromatic heterocycles. The molecule has 0 saturated heterocycles. The first-order valence-electron chi connectivity index (χ1n) is 8.82. The summed E-state index contributed by atoms with van der Waals surface area (Å²) in [5, 5.41) is 15.2. The molecule has 4 rings (SSSR count). The number of phenols is 1. The number of phenolic OH excluding ortho intramolecular Hbond substituents is 1. The van der Waals surface area contributed by atoms with Crippen LogP contribution >= 0.6 is 39.1 Å². The Bertz CT molecular complexity index is 1020. The van der Waals surface area contributed by atoms with Gasteiger partial charge in [-0.25, -0.2) is 0 Å². The number of halogens is 3. The van der Waals surface area contributed by atoms with E-state index < -0.39 is 0 Å². The lowest BCUT2D eigenvalue weighted by Gasteiger charge is -2.31. The molecule has 0 amide bonds. The molecule has 6 heteroatoms. The fraction of sp³-hybridized carbons (Fsp3) is 0.136. The van der Waals surface area contributed by atoms with E-state index >= 15 is 0 Å². The summed E-state index contributed by atoms with van der Waals surface area (Å²) >= 11 is 15.7. The fourth-order valence-electron chi connectivity index (χ4n) is 3.34. The van der Waals surface area contributed by atoms with E-state index in [9.17, 15) is 5.11 Å². The van der Waals surface area contributed by atoms with E-state index in [4.69, 9.17) is 28.2 Å². The van der Waals surface area contributed by atoms with Crippen LogP contribution in [0.1, 0.15) is 35.3 Å². The van der Waals surface area contributed by atoms with Gasteiger partial charge in [-0.1, -0.05) is 63.4 Å². The molecule has 0 fully saturated rings. The maximum absolute atomic E-state index is 10.4. The van der Waals surface area contributed by atoms with Gasteiger partial charge in [-0.3, -0.25) is 10.3 Å². The number of nitrogens with one attached hydrogen (secondary N) is 1. The van der Waals surface area contributed by atoms with Gasteiger partial charge >= 0.3 is 0 Å². The Kier molecular flexibility index (Phi) is 5.74. The molecular weight excluding hydrogens is 459 g/mol. The topological polar surface area (TPSA) is 44.6 Å². The van der Waals surface area contributed by atoms with Crippen molar-refractivity contribution in [3.05, 3.63) is 97.9 Å². The molecule has 1 heterocycles. The highest BCUT2D eigenvalue weighted by atomic mass is 79.9. The van der Waals surface area contributed by atoms with Crippen molar-refractivity contribution in [1.82, 2.24) is 5.32 Å². The number of nitrogens with zero attached hydrogens (tertiary/aromatic N) is 1. The van der Waals surface area contributed by atoms with E-state index in [-0.39, 0.29) is 18.0 Å². The van der Waals surface area contributed by atoms with Crippen LogP contribution in [0.3, 0.4) is 0 Å². The van der Waals surface area contributed by atoms with Gasteiger partial charge in [0.2, 0.25) is 0 Å². The Morgan fingerprint density at radius 1 is 0.929 bits per heavy atom. The van der Waals surface area contributed by atoms with Crippen LogP contribution in [0.4, 0.5) is 0 Å². The molecule has 3 aromatic rings. The molecular formula is C22H17BrCl2N2O. The van der Waals surface area contributed by atoms with Gasteiger partial charge in [-0.15, -0.1) is 0 Å². The average molecular weight is 476 g/mol. The van der Waals surface area contributed by atoms with Crippen LogP contribution in [0.2, 0.25) is 10.0 Å². The molecule has 142 valence electrons. The van der Waals surface area contributed by atoms with E-state index in [1.54, 1.807) is 18.2 Å². The van der Waals surface area contributed by atoms with E-state index in [1.807, 2.05) is 48.5 Å². The second-order valence-corrected chi connectivity index (χ2v) is 8.45. The number of aromatic hydroxyl groups is 1. The lowest BCUT2D eigenvalue weighted by Crippen LogP contribution is -2.33. The summed E-state index contributed by atoms with van der Waals surface area (Å²) in [6, 6.07) is 20.7. The van der Waals surface area contributed by atoms with E-state index in [0.717, 1.165) is 26.9 Å². The van der Waals surface area contributed by atoms with Crippen LogP contribution in [0, 0.1) is 0 Å². The van der Waals surface area contributed by atoms with Crippen LogP contribution in [0.25, 0.3) is 0 Å². The molecule has 0 bridgehead atoms. The molecule has 3 aromatic carbocycles. The number of hydrogen-bond donors (Lipinski definition) is 2. The minimum absolute atomic E-state index is 0.129. The molecule has 3 nitrogen and oxygen atoms in total. The van der Waals surface area contributed by atoms with Gasteiger partial charge in [0.1, 0.15) is 11.9 Å². The van der Waals surface area contributed by atoms with Crippen molar-refractivity contribution in [3.63, 3.8) is 0 Å². The number of aliphatic imine (C=N–C) groups is 1. The minimum atomic E-state index is -0.240. The van der Waals surface area contributed by atoms with Crippen molar-refractivity contribution in [3.8, 4) is 5.75 Å². The van der Waals surface area contributed by atoms with Crippen LogP contribution in [-0.2, 0) is 0 Å². The summed E-state index contributed by atoms with van der Waals surface area (Å²) in [4.78, 5) is 4.94. The van der Waals surface area contributed by atoms with Crippen molar-refractivity contribution in [1.29, 1.82) is 0 Å². The number of rotatable bonds is 3. The van der Waals surface area contributed by atoms with Crippen molar-refractivity contribution < 1.29 is 5.11 Å². The van der Waals surface area contributed by atoms with Gasteiger partial charge < -0.3 is 5.11 Å². The molecule has 2 atom stereocenters. The predicted octanol–water partition coefficient (Wildman–Crippen LogP) is 6.68. The van der Waals surface area contributed by atoms with Gasteiger partial charge in [0.15, 0.2) is 0 Å². The lowest BCUT2D eigenvalue weighted by atomic mass is 9.93. The van der Waals surface area contributed by atoms with E-state index in [0.29, 0.717) is 16.5 Å². The molecule has 1 aliphatic heterocycles. The van der Waals surface area contributed by atoms with Gasteiger partial charge in [-0.2, -0.15) is 0 Å². The Morgan fingerprint density at radius 3 is 2.32 bits per heavy atom. The zero-order chi connectivity index (χ0) is 19.7. The van der Waals surface area contributed by atoms with E-state index in [2.05, 4.69) is 21.2 Å². The summed E-state index contributed by atoms with van der Waals surface area (Å²) in [6.07, 6.45) is 0.388. The zero-order valence-electron chi connectivity index (χ0n) is 14.7. The SMILES string of the molecule is Oc1ccc(Cl)cc1[C@H]1CC(c2ccc(Cl)cc2)=N[C@H](c2ccc(Br)cc2)N1. The standard InChI is InChI=1S/C22H17BrCl2N2O/c23-15-5-1-14(2-6-15)22-26-19(13-3-7-16(24)8-4-13)12-20(27-22)18-11-17(25)9-10-21(18)28/h1-11,20,22,27-28H,12H2/t20-,22+/m1/s1. The van der Waals surface area contributed by atoms with Gasteiger partial charge in [0.25, 0.3) is 0 Å². The van der Waals surface area contributed by atoms with Crippen molar-refractivity contribution in [2.45, 2.75) is 18.6 Å². The van der Waals surface area contributed by atoms with Crippen molar-refractivity contribution >= 4 is 44.8 Å². The third-order valence-corrected chi connectivity index (χ3v) is 5.79. The largest absolute Gasteiger partial charge is 0.508 e. The van der Waals surface area contributed by atoms with Gasteiger partial charge in [0.05, 0.1) is 0 Å². The van der Waals surface area contributed by atoms with Gasteiger partial charge in [0, 0.05) is 38.3 Å². The third kappa shape index (κ3) is 4.26. The first-order valence-corrected chi connectivity index (χ1v) is 10.4. The van der Waals surface area contributed by atoms with Crippen LogP contribution < -0.4 is 5.32 Å². The van der Waals surface area contributed by atoms with Gasteiger partial charge in [-0.05, 0) is 53.6 Å². The second-order valence-electron chi connectivity index (χ2n) is 6.66. The van der Waals surface area contributed by atoms with Crippen LogP contribution in [0.15, 0.2) is 76.2 Å². The molecule has 0 spiro atoms. The summed E-state index contributed by atoms with van der Waals surface area (Å²) in [5.74, 6) is 0.216. The normalized spacial score (nSPS) is 19.3. The van der Waals surface area contributed by atoms with Crippen molar-refractivity contribution in [2.24, 2.45) is 4.99 Å². The summed E-state index contributed by atoms with van der Waals surface area (Å²) in [6.45, 7) is 0.